The van der Waals surface area contributed by atoms with Gasteiger partial charge in [0, 0.05) is 18.2 Å². The molecule has 7 heteroatoms. The molecular formula is C29H29N3O4. The van der Waals surface area contributed by atoms with Crippen LogP contribution in [0.15, 0.2) is 72.8 Å². The topological polar surface area (TPSA) is 82.5 Å². The van der Waals surface area contributed by atoms with E-state index in [-0.39, 0.29) is 5.91 Å². The van der Waals surface area contributed by atoms with Crippen molar-refractivity contribution >= 4 is 17.6 Å². The van der Waals surface area contributed by atoms with E-state index < -0.39 is 5.97 Å². The summed E-state index contributed by atoms with van der Waals surface area (Å²) in [5, 5.41) is 7.76. The van der Waals surface area contributed by atoms with Crippen molar-refractivity contribution in [1.29, 1.82) is 0 Å². The first kappa shape index (κ1) is 24.7. The van der Waals surface area contributed by atoms with E-state index in [0.29, 0.717) is 22.9 Å². The lowest BCUT2D eigenvalue weighted by Gasteiger charge is -2.12. The van der Waals surface area contributed by atoms with Gasteiger partial charge in [-0.3, -0.25) is 9.59 Å². The summed E-state index contributed by atoms with van der Waals surface area (Å²) in [7, 11) is 1.58. The Balaban J connectivity index is 1.70. The summed E-state index contributed by atoms with van der Waals surface area (Å²) in [6, 6.07) is 22.2. The number of amides is 1. The molecule has 0 fully saturated rings. The molecule has 4 rings (SSSR count). The van der Waals surface area contributed by atoms with Crippen molar-refractivity contribution in [2.45, 2.75) is 33.6 Å². The number of carbonyl (C=O) groups excluding carboxylic acids is 2. The van der Waals surface area contributed by atoms with E-state index in [1.807, 2.05) is 55.5 Å². The van der Waals surface area contributed by atoms with Gasteiger partial charge in [-0.2, -0.15) is 9.78 Å². The number of hydrogen-bond acceptors (Lipinski definition) is 5. The zero-order chi connectivity index (χ0) is 25.7. The number of rotatable bonds is 8. The van der Waals surface area contributed by atoms with Crippen molar-refractivity contribution in [1.82, 2.24) is 9.78 Å². The number of benzene rings is 3. The number of ether oxygens (including phenoxy) is 2. The van der Waals surface area contributed by atoms with Gasteiger partial charge in [0.25, 0.3) is 5.91 Å². The lowest BCUT2D eigenvalue weighted by Crippen LogP contribution is -2.11. The van der Waals surface area contributed by atoms with Crippen molar-refractivity contribution in [3.8, 4) is 28.4 Å². The number of methoxy groups -OCH3 is 1. The smallest absolute Gasteiger partial charge is 0.309 e. The Morgan fingerprint density at radius 3 is 2.28 bits per heavy atom. The highest BCUT2D eigenvalue weighted by Crippen LogP contribution is 2.37. The van der Waals surface area contributed by atoms with E-state index in [0.717, 1.165) is 40.9 Å². The second-order valence-electron chi connectivity index (χ2n) is 8.43. The van der Waals surface area contributed by atoms with Crippen LogP contribution in [0.2, 0.25) is 0 Å². The quantitative estimate of drug-likeness (QED) is 0.312. The zero-order valence-corrected chi connectivity index (χ0v) is 20.9. The standard InChI is InChI=1S/C29H29N3O4/c1-5-8-25-27(29(36-20(3)33)32(31-25)26-10-7-6-9-19(26)2)21-11-15-23(16-12-21)30-28(34)22-13-17-24(35-4)18-14-22/h6-7,9-18H,5,8H2,1-4H3,(H,30,34). The van der Waals surface area contributed by atoms with E-state index in [1.54, 1.807) is 36.1 Å². The number of hydrogen-bond donors (Lipinski definition) is 1. The first-order chi connectivity index (χ1) is 17.4. The number of nitrogens with one attached hydrogen (secondary N) is 1. The van der Waals surface area contributed by atoms with Crippen LogP contribution < -0.4 is 14.8 Å². The highest BCUT2D eigenvalue weighted by molar-refractivity contribution is 6.04. The summed E-state index contributed by atoms with van der Waals surface area (Å²) in [4.78, 5) is 24.7. The average molecular weight is 484 g/mol. The molecule has 1 amide bonds. The van der Waals surface area contributed by atoms with Gasteiger partial charge in [-0.05, 0) is 66.9 Å². The maximum atomic E-state index is 12.7. The molecule has 0 atom stereocenters. The second-order valence-corrected chi connectivity index (χ2v) is 8.43. The molecule has 36 heavy (non-hydrogen) atoms. The van der Waals surface area contributed by atoms with Gasteiger partial charge in [0.15, 0.2) is 0 Å². The van der Waals surface area contributed by atoms with Gasteiger partial charge < -0.3 is 14.8 Å². The highest BCUT2D eigenvalue weighted by Gasteiger charge is 2.23. The Bertz CT molecular complexity index is 1370. The first-order valence-corrected chi connectivity index (χ1v) is 11.8. The third-order valence-electron chi connectivity index (χ3n) is 5.77. The Kier molecular flexibility index (Phi) is 7.49. The minimum absolute atomic E-state index is 0.218. The molecule has 0 saturated heterocycles. The summed E-state index contributed by atoms with van der Waals surface area (Å²) in [5.41, 5.74) is 5.49. The number of para-hydroxylation sites is 1. The predicted molar refractivity (Wildman–Crippen MR) is 140 cm³/mol. The van der Waals surface area contributed by atoms with E-state index >= 15 is 0 Å². The summed E-state index contributed by atoms with van der Waals surface area (Å²) < 4.78 is 12.6. The molecule has 0 spiro atoms. The summed E-state index contributed by atoms with van der Waals surface area (Å²) >= 11 is 0. The van der Waals surface area contributed by atoms with Crippen LogP contribution >= 0.6 is 0 Å². The SMILES string of the molecule is CCCc1nn(-c2ccccc2C)c(OC(C)=O)c1-c1ccc(NC(=O)c2ccc(OC)cc2)cc1. The normalized spacial score (nSPS) is 10.7. The van der Waals surface area contributed by atoms with Crippen LogP contribution in [0.5, 0.6) is 11.6 Å². The maximum Gasteiger partial charge on any atom is 0.309 e. The van der Waals surface area contributed by atoms with Crippen molar-refractivity contribution in [3.05, 3.63) is 89.6 Å². The van der Waals surface area contributed by atoms with Crippen molar-refractivity contribution in [2.75, 3.05) is 12.4 Å². The molecule has 1 heterocycles. The molecule has 0 radical (unpaired) electrons. The fourth-order valence-electron chi connectivity index (χ4n) is 4.01. The lowest BCUT2D eigenvalue weighted by atomic mass is 10.0. The highest BCUT2D eigenvalue weighted by atomic mass is 16.5. The molecule has 1 aromatic heterocycles. The van der Waals surface area contributed by atoms with Crippen LogP contribution in [-0.2, 0) is 11.2 Å². The Morgan fingerprint density at radius 2 is 1.67 bits per heavy atom. The number of nitrogens with zero attached hydrogens (tertiary/aromatic N) is 2. The van der Waals surface area contributed by atoms with Crippen molar-refractivity contribution < 1.29 is 19.1 Å². The Labute approximate surface area is 210 Å². The molecule has 0 aliphatic heterocycles. The Morgan fingerprint density at radius 1 is 0.972 bits per heavy atom. The van der Waals surface area contributed by atoms with Gasteiger partial charge in [0.05, 0.1) is 24.1 Å². The summed E-state index contributed by atoms with van der Waals surface area (Å²) in [6.45, 7) is 5.46. The number of esters is 1. The molecule has 1 N–H and O–H groups in total. The van der Waals surface area contributed by atoms with E-state index in [2.05, 4.69) is 12.2 Å². The van der Waals surface area contributed by atoms with Crippen LogP contribution in [0.25, 0.3) is 16.8 Å². The van der Waals surface area contributed by atoms with Gasteiger partial charge in [-0.25, -0.2) is 0 Å². The maximum absolute atomic E-state index is 12.7. The molecule has 0 saturated carbocycles. The number of aryl methyl sites for hydroxylation is 2. The molecule has 0 aliphatic carbocycles. The molecule has 7 nitrogen and oxygen atoms in total. The fraction of sp³-hybridized carbons (Fsp3) is 0.207. The molecule has 0 unspecified atom stereocenters. The number of carbonyl (C=O) groups is 2. The fourth-order valence-corrected chi connectivity index (χ4v) is 4.01. The monoisotopic (exact) mass is 483 g/mol. The van der Waals surface area contributed by atoms with Gasteiger partial charge >= 0.3 is 5.97 Å². The predicted octanol–water partition coefficient (Wildman–Crippen LogP) is 5.99. The van der Waals surface area contributed by atoms with Gasteiger partial charge in [-0.1, -0.05) is 43.7 Å². The molecule has 184 valence electrons. The molecule has 3 aromatic carbocycles. The summed E-state index contributed by atoms with van der Waals surface area (Å²) in [6.07, 6.45) is 1.60. The van der Waals surface area contributed by atoms with Crippen molar-refractivity contribution in [3.63, 3.8) is 0 Å². The third-order valence-corrected chi connectivity index (χ3v) is 5.77. The third kappa shape index (κ3) is 5.30. The van der Waals surface area contributed by atoms with E-state index in [4.69, 9.17) is 14.6 Å². The lowest BCUT2D eigenvalue weighted by molar-refractivity contribution is -0.132. The molecule has 4 aromatic rings. The van der Waals surface area contributed by atoms with Crippen LogP contribution in [-0.4, -0.2) is 28.8 Å². The van der Waals surface area contributed by atoms with E-state index in [1.165, 1.54) is 6.92 Å². The average Bonchev–Trinajstić information content (AvgIpc) is 3.21. The van der Waals surface area contributed by atoms with Gasteiger partial charge in [-0.15, -0.1) is 0 Å². The van der Waals surface area contributed by atoms with Crippen LogP contribution in [0.4, 0.5) is 5.69 Å². The molecule has 0 bridgehead atoms. The minimum atomic E-state index is -0.419. The second kappa shape index (κ2) is 10.9. The molecule has 0 aliphatic rings. The first-order valence-electron chi connectivity index (χ1n) is 11.8. The largest absolute Gasteiger partial charge is 0.497 e. The van der Waals surface area contributed by atoms with Crippen LogP contribution in [0.1, 0.15) is 41.9 Å². The molecular weight excluding hydrogens is 454 g/mol. The van der Waals surface area contributed by atoms with Crippen LogP contribution in [0.3, 0.4) is 0 Å². The van der Waals surface area contributed by atoms with Crippen molar-refractivity contribution in [2.24, 2.45) is 0 Å². The van der Waals surface area contributed by atoms with E-state index in [9.17, 15) is 9.59 Å². The zero-order valence-electron chi connectivity index (χ0n) is 20.9. The van der Waals surface area contributed by atoms with Gasteiger partial charge in [0.2, 0.25) is 5.88 Å². The number of aromatic nitrogens is 2. The minimum Gasteiger partial charge on any atom is -0.497 e. The number of anilines is 1. The van der Waals surface area contributed by atoms with Gasteiger partial charge in [0.1, 0.15) is 5.75 Å². The van der Waals surface area contributed by atoms with Crippen LogP contribution in [0, 0.1) is 6.92 Å². The Hall–Kier alpha value is -4.39. The summed E-state index contributed by atoms with van der Waals surface area (Å²) in [5.74, 6) is 0.436.